The number of halogens is 1. The van der Waals surface area contributed by atoms with Gasteiger partial charge >= 0.3 is 6.09 Å². The average molecular weight is 320 g/mol. The van der Waals surface area contributed by atoms with Crippen LogP contribution in [0.25, 0.3) is 0 Å². The van der Waals surface area contributed by atoms with Crippen molar-refractivity contribution in [2.45, 2.75) is 32.9 Å². The fraction of sp³-hybridized carbons (Fsp3) is 0.312. The Bertz CT molecular complexity index is 641. The molecule has 22 heavy (non-hydrogen) atoms. The van der Waals surface area contributed by atoms with Gasteiger partial charge in [0.1, 0.15) is 11.4 Å². The molecule has 0 spiro atoms. The van der Waals surface area contributed by atoms with Crippen molar-refractivity contribution in [2.75, 3.05) is 4.90 Å². The standard InChI is InChI=1S/C16H18ClN3O2/c1-16(2,3)22-15(21)20(11-12-7-5-4-6-8-12)13-9-10-18-14(17)19-13/h4-10H,11H2,1-3H3. The predicted octanol–water partition coefficient (Wildman–Crippen LogP) is 4.07. The van der Waals surface area contributed by atoms with E-state index in [9.17, 15) is 4.79 Å². The number of carbonyl (C=O) groups excluding carboxylic acids is 1. The molecule has 0 saturated heterocycles. The van der Waals surface area contributed by atoms with Crippen molar-refractivity contribution < 1.29 is 9.53 Å². The van der Waals surface area contributed by atoms with Crippen molar-refractivity contribution in [3.63, 3.8) is 0 Å². The molecule has 116 valence electrons. The van der Waals surface area contributed by atoms with Gasteiger partial charge in [-0.3, -0.25) is 4.90 Å². The Balaban J connectivity index is 2.30. The van der Waals surface area contributed by atoms with Gasteiger partial charge in [0.05, 0.1) is 6.54 Å². The molecule has 0 aliphatic rings. The zero-order valence-electron chi connectivity index (χ0n) is 12.8. The maximum absolute atomic E-state index is 12.5. The molecule has 2 aromatic rings. The lowest BCUT2D eigenvalue weighted by molar-refractivity contribution is 0.0576. The van der Waals surface area contributed by atoms with Crippen LogP contribution < -0.4 is 4.90 Å². The van der Waals surface area contributed by atoms with Gasteiger partial charge in [0.15, 0.2) is 0 Å². The van der Waals surface area contributed by atoms with Crippen molar-refractivity contribution in [3.05, 3.63) is 53.4 Å². The summed E-state index contributed by atoms with van der Waals surface area (Å²) in [6.45, 7) is 5.79. The van der Waals surface area contributed by atoms with Crippen molar-refractivity contribution in [2.24, 2.45) is 0 Å². The van der Waals surface area contributed by atoms with Crippen LogP contribution in [0.5, 0.6) is 0 Å². The number of amides is 1. The van der Waals surface area contributed by atoms with Gasteiger partial charge in [-0.1, -0.05) is 30.3 Å². The molecule has 6 heteroatoms. The molecule has 0 fully saturated rings. The molecule has 0 bridgehead atoms. The van der Waals surface area contributed by atoms with Crippen molar-refractivity contribution in [3.8, 4) is 0 Å². The van der Waals surface area contributed by atoms with Crippen LogP contribution >= 0.6 is 11.6 Å². The fourth-order valence-corrected chi connectivity index (χ4v) is 1.94. The normalized spacial score (nSPS) is 11.1. The first kappa shape index (κ1) is 16.2. The van der Waals surface area contributed by atoms with Crippen LogP contribution in [0.2, 0.25) is 5.28 Å². The molecule has 1 heterocycles. The van der Waals surface area contributed by atoms with E-state index in [-0.39, 0.29) is 5.28 Å². The maximum atomic E-state index is 12.5. The lowest BCUT2D eigenvalue weighted by atomic mass is 10.2. The van der Waals surface area contributed by atoms with Crippen LogP contribution in [0.15, 0.2) is 42.6 Å². The summed E-state index contributed by atoms with van der Waals surface area (Å²) < 4.78 is 5.45. The molecule has 1 amide bonds. The van der Waals surface area contributed by atoms with Crippen LogP contribution in [-0.2, 0) is 11.3 Å². The molecule has 1 aromatic carbocycles. The summed E-state index contributed by atoms with van der Waals surface area (Å²) in [6, 6.07) is 11.2. The summed E-state index contributed by atoms with van der Waals surface area (Å²) >= 11 is 5.83. The summed E-state index contributed by atoms with van der Waals surface area (Å²) in [6.07, 6.45) is 1.03. The van der Waals surface area contributed by atoms with Crippen LogP contribution in [0, 0.1) is 0 Å². The van der Waals surface area contributed by atoms with Crippen LogP contribution in [-0.4, -0.2) is 21.7 Å². The summed E-state index contributed by atoms with van der Waals surface area (Å²) in [5.74, 6) is 0.401. The number of hydrogen-bond donors (Lipinski definition) is 0. The third kappa shape index (κ3) is 4.70. The SMILES string of the molecule is CC(C)(C)OC(=O)N(Cc1ccccc1)c1ccnc(Cl)n1. The topological polar surface area (TPSA) is 55.3 Å². The number of aromatic nitrogens is 2. The summed E-state index contributed by atoms with van der Waals surface area (Å²) in [5.41, 5.74) is 0.367. The predicted molar refractivity (Wildman–Crippen MR) is 85.9 cm³/mol. The molecule has 0 unspecified atom stereocenters. The highest BCUT2D eigenvalue weighted by Gasteiger charge is 2.24. The van der Waals surface area contributed by atoms with Gasteiger partial charge in [-0.15, -0.1) is 0 Å². The zero-order chi connectivity index (χ0) is 16.2. The van der Waals surface area contributed by atoms with E-state index in [0.717, 1.165) is 5.56 Å². The van der Waals surface area contributed by atoms with Gasteiger partial charge in [0.25, 0.3) is 0 Å². The van der Waals surface area contributed by atoms with E-state index in [1.165, 1.54) is 11.1 Å². The second kappa shape index (κ2) is 6.75. The fourth-order valence-electron chi connectivity index (χ4n) is 1.80. The molecular weight excluding hydrogens is 302 g/mol. The number of rotatable bonds is 3. The number of benzene rings is 1. The molecule has 5 nitrogen and oxygen atoms in total. The minimum atomic E-state index is -0.594. The number of ether oxygens (including phenoxy) is 1. The Labute approximate surface area is 134 Å². The van der Waals surface area contributed by atoms with Crippen LogP contribution in [0.1, 0.15) is 26.3 Å². The van der Waals surface area contributed by atoms with E-state index in [2.05, 4.69) is 9.97 Å². The second-order valence-corrected chi connectivity index (χ2v) is 6.07. The van der Waals surface area contributed by atoms with Gasteiger partial charge in [-0.2, -0.15) is 0 Å². The smallest absolute Gasteiger partial charge is 0.416 e. The van der Waals surface area contributed by atoms with Crippen molar-refractivity contribution in [1.29, 1.82) is 0 Å². The largest absolute Gasteiger partial charge is 0.443 e. The molecule has 0 aliphatic heterocycles. The minimum Gasteiger partial charge on any atom is -0.443 e. The highest BCUT2D eigenvalue weighted by molar-refractivity contribution is 6.28. The van der Waals surface area contributed by atoms with Gasteiger partial charge in [0.2, 0.25) is 5.28 Å². The Morgan fingerprint density at radius 3 is 2.50 bits per heavy atom. The summed E-state index contributed by atoms with van der Waals surface area (Å²) in [7, 11) is 0. The van der Waals surface area contributed by atoms with Gasteiger partial charge < -0.3 is 4.74 Å². The molecule has 0 saturated carbocycles. The van der Waals surface area contributed by atoms with E-state index < -0.39 is 11.7 Å². The lowest BCUT2D eigenvalue weighted by Crippen LogP contribution is -2.37. The number of hydrogen-bond acceptors (Lipinski definition) is 4. The minimum absolute atomic E-state index is 0.0825. The molecule has 1 aromatic heterocycles. The molecule has 0 radical (unpaired) electrons. The number of carbonyl (C=O) groups is 1. The number of anilines is 1. The quantitative estimate of drug-likeness (QED) is 0.800. The molecular formula is C16H18ClN3O2. The third-order valence-corrected chi connectivity index (χ3v) is 2.87. The maximum Gasteiger partial charge on any atom is 0.416 e. The highest BCUT2D eigenvalue weighted by Crippen LogP contribution is 2.19. The number of nitrogens with zero attached hydrogens (tertiary/aromatic N) is 3. The van der Waals surface area contributed by atoms with E-state index in [0.29, 0.717) is 12.4 Å². The monoisotopic (exact) mass is 319 g/mol. The van der Waals surface area contributed by atoms with E-state index >= 15 is 0 Å². The average Bonchev–Trinajstić information content (AvgIpc) is 2.44. The van der Waals surface area contributed by atoms with Crippen LogP contribution in [0.4, 0.5) is 10.6 Å². The second-order valence-electron chi connectivity index (χ2n) is 5.74. The Hall–Kier alpha value is -2.14. The lowest BCUT2D eigenvalue weighted by Gasteiger charge is -2.26. The highest BCUT2D eigenvalue weighted by atomic mass is 35.5. The van der Waals surface area contributed by atoms with Gasteiger partial charge in [0, 0.05) is 6.20 Å². The van der Waals surface area contributed by atoms with Crippen molar-refractivity contribution in [1.82, 2.24) is 9.97 Å². The van der Waals surface area contributed by atoms with E-state index in [1.807, 2.05) is 51.1 Å². The van der Waals surface area contributed by atoms with E-state index in [1.54, 1.807) is 6.07 Å². The van der Waals surface area contributed by atoms with Gasteiger partial charge in [-0.25, -0.2) is 14.8 Å². The van der Waals surface area contributed by atoms with Gasteiger partial charge in [-0.05, 0) is 44.0 Å². The molecule has 0 atom stereocenters. The molecule has 0 N–H and O–H groups in total. The Morgan fingerprint density at radius 1 is 1.23 bits per heavy atom. The first-order valence-electron chi connectivity index (χ1n) is 6.88. The Morgan fingerprint density at radius 2 is 1.91 bits per heavy atom. The van der Waals surface area contributed by atoms with Crippen molar-refractivity contribution >= 4 is 23.5 Å². The zero-order valence-corrected chi connectivity index (χ0v) is 13.5. The van der Waals surface area contributed by atoms with E-state index in [4.69, 9.17) is 16.3 Å². The molecule has 0 aliphatic carbocycles. The van der Waals surface area contributed by atoms with Crippen LogP contribution in [0.3, 0.4) is 0 Å². The third-order valence-electron chi connectivity index (χ3n) is 2.69. The Kier molecular flexibility index (Phi) is 4.98. The summed E-state index contributed by atoms with van der Waals surface area (Å²) in [4.78, 5) is 21.9. The first-order chi connectivity index (χ1) is 10.3. The summed E-state index contributed by atoms with van der Waals surface area (Å²) in [5, 5.41) is 0.0825. The molecule has 2 rings (SSSR count). The first-order valence-corrected chi connectivity index (χ1v) is 7.26.